The number of nitrogens with one attached hydrogen (secondary N) is 1. The van der Waals surface area contributed by atoms with E-state index in [2.05, 4.69) is 15.5 Å². The van der Waals surface area contributed by atoms with Gasteiger partial charge in [-0.3, -0.25) is 4.79 Å². The Balaban J connectivity index is 1.83. The first-order chi connectivity index (χ1) is 21.7. The number of carbonyl (C=O) groups excluding carboxylic acids is 2. The molecule has 0 bridgehead atoms. The van der Waals surface area contributed by atoms with Crippen molar-refractivity contribution in [2.24, 2.45) is 0 Å². The van der Waals surface area contributed by atoms with Crippen molar-refractivity contribution >= 4 is 18.0 Å². The van der Waals surface area contributed by atoms with Gasteiger partial charge in [-0.2, -0.15) is 0 Å². The van der Waals surface area contributed by atoms with Gasteiger partial charge in [0.05, 0.1) is 6.26 Å². The van der Waals surface area contributed by atoms with Gasteiger partial charge in [-0.25, -0.2) is 9.59 Å². The molecule has 0 aliphatic carbocycles. The number of carbonyl (C=O) groups is 3. The lowest BCUT2D eigenvalue weighted by Gasteiger charge is -2.29. The predicted octanol–water partition coefficient (Wildman–Crippen LogP) is 7.25. The van der Waals surface area contributed by atoms with Crippen LogP contribution in [0.2, 0.25) is 0 Å². The summed E-state index contributed by atoms with van der Waals surface area (Å²) in [5.74, 6) is -1.06. The first-order valence-corrected chi connectivity index (χ1v) is 15.4. The highest BCUT2D eigenvalue weighted by molar-refractivity contribution is 5.99. The zero-order chi connectivity index (χ0) is 33.6. The molecule has 4 aromatic rings. The number of benzene rings is 2. The van der Waals surface area contributed by atoms with Gasteiger partial charge < -0.3 is 28.9 Å². The maximum Gasteiger partial charge on any atom is 0.408 e. The highest BCUT2D eigenvalue weighted by atomic mass is 16.6. The summed E-state index contributed by atoms with van der Waals surface area (Å²) in [4.78, 5) is 40.6. The average molecular weight is 631 g/mol. The number of carboxylic acids is 1. The summed E-state index contributed by atoms with van der Waals surface area (Å²) in [5.41, 5.74) is 0.537. The Morgan fingerprint density at radius 1 is 0.957 bits per heavy atom. The molecule has 0 radical (unpaired) electrons. The summed E-state index contributed by atoms with van der Waals surface area (Å²) in [6.45, 7) is 13.9. The van der Waals surface area contributed by atoms with Crippen LogP contribution in [0.25, 0.3) is 22.8 Å². The fourth-order valence-corrected chi connectivity index (χ4v) is 5.23. The third kappa shape index (κ3) is 8.01. The number of ether oxygens (including phenoxy) is 1. The number of carboxylic acid groups (broad SMARTS) is 1. The predicted molar refractivity (Wildman–Crippen MR) is 172 cm³/mol. The number of aryl methyl sites for hydroxylation is 1. The molecule has 2 amide bonds. The van der Waals surface area contributed by atoms with Crippen molar-refractivity contribution in [3.63, 3.8) is 0 Å². The summed E-state index contributed by atoms with van der Waals surface area (Å²) in [6.07, 6.45) is 2.58. The van der Waals surface area contributed by atoms with E-state index in [1.165, 1.54) is 6.26 Å². The van der Waals surface area contributed by atoms with Gasteiger partial charge in [0.15, 0.2) is 0 Å². The quantitative estimate of drug-likeness (QED) is 0.165. The smallest absolute Gasteiger partial charge is 0.408 e. The second-order valence-electron chi connectivity index (χ2n) is 12.6. The van der Waals surface area contributed by atoms with E-state index in [0.29, 0.717) is 41.8 Å². The molecular weight excluding hydrogens is 588 g/mol. The van der Waals surface area contributed by atoms with Crippen LogP contribution >= 0.6 is 0 Å². The van der Waals surface area contributed by atoms with Crippen molar-refractivity contribution in [1.82, 2.24) is 20.4 Å². The number of amides is 2. The van der Waals surface area contributed by atoms with Crippen LogP contribution < -0.4 is 5.32 Å². The van der Waals surface area contributed by atoms with Gasteiger partial charge in [0.1, 0.15) is 22.5 Å². The first-order valence-electron chi connectivity index (χ1n) is 15.4. The number of nitrogens with zero attached hydrogens (tertiary/aromatic N) is 3. The Hall–Kier alpha value is -4.93. The minimum Gasteiger partial charge on any atom is -0.478 e. The normalized spacial score (nSPS) is 12.8. The topological polar surface area (TPSA) is 148 Å². The second-order valence-corrected chi connectivity index (χ2v) is 12.6. The van der Waals surface area contributed by atoms with Crippen molar-refractivity contribution in [2.45, 2.75) is 78.9 Å². The van der Waals surface area contributed by atoms with E-state index in [9.17, 15) is 19.5 Å². The number of aromatic carboxylic acids is 1. The summed E-state index contributed by atoms with van der Waals surface area (Å²) in [6, 6.07) is 14.5. The SMILES string of the molecule is CCCN(CCC)C(=O)c1cc(-c2nnc(C(C)(Cc3ccccc3)NC(=O)OC(C)(C)C)o2)cc(-c2occ(C)c2C(=O)O)c1. The fourth-order valence-electron chi connectivity index (χ4n) is 5.23. The van der Waals surface area contributed by atoms with E-state index in [1.807, 2.05) is 44.2 Å². The van der Waals surface area contributed by atoms with Crippen molar-refractivity contribution in [3.05, 3.63) is 82.9 Å². The maximum atomic E-state index is 13.8. The number of aromatic nitrogens is 2. The average Bonchev–Trinajstić information content (AvgIpc) is 3.64. The van der Waals surface area contributed by atoms with Crippen molar-refractivity contribution in [2.75, 3.05) is 13.1 Å². The second kappa shape index (κ2) is 14.0. The number of rotatable bonds is 12. The number of furan rings is 1. The van der Waals surface area contributed by atoms with Crippen LogP contribution in [0, 0.1) is 6.92 Å². The molecule has 11 heteroatoms. The lowest BCUT2D eigenvalue weighted by atomic mass is 9.92. The van der Waals surface area contributed by atoms with E-state index in [1.54, 1.807) is 57.7 Å². The van der Waals surface area contributed by atoms with Crippen LogP contribution in [0.4, 0.5) is 4.79 Å². The number of alkyl carbamates (subject to hydrolysis) is 1. The minimum atomic E-state index is -1.17. The van der Waals surface area contributed by atoms with Gasteiger partial charge in [0.25, 0.3) is 5.91 Å². The van der Waals surface area contributed by atoms with Gasteiger partial charge in [0.2, 0.25) is 11.8 Å². The minimum absolute atomic E-state index is 0.00210. The number of hydrogen-bond donors (Lipinski definition) is 2. The molecule has 244 valence electrons. The fraction of sp³-hybridized carbons (Fsp3) is 0.400. The largest absolute Gasteiger partial charge is 0.478 e. The summed E-state index contributed by atoms with van der Waals surface area (Å²) in [5, 5.41) is 21.5. The van der Waals surface area contributed by atoms with E-state index < -0.39 is 23.2 Å². The molecule has 0 saturated heterocycles. The Labute approximate surface area is 269 Å². The Bertz CT molecular complexity index is 1680. The van der Waals surface area contributed by atoms with Gasteiger partial charge in [-0.05, 0) is 71.2 Å². The zero-order valence-corrected chi connectivity index (χ0v) is 27.5. The van der Waals surface area contributed by atoms with Gasteiger partial charge >= 0.3 is 12.1 Å². The van der Waals surface area contributed by atoms with Gasteiger partial charge in [-0.1, -0.05) is 44.2 Å². The van der Waals surface area contributed by atoms with E-state index in [4.69, 9.17) is 13.6 Å². The summed E-state index contributed by atoms with van der Waals surface area (Å²) < 4.78 is 17.5. The Morgan fingerprint density at radius 3 is 2.22 bits per heavy atom. The maximum absolute atomic E-state index is 13.8. The van der Waals surface area contributed by atoms with Crippen LogP contribution in [0.5, 0.6) is 0 Å². The Kier molecular flexibility index (Phi) is 10.3. The Morgan fingerprint density at radius 2 is 1.61 bits per heavy atom. The third-order valence-electron chi connectivity index (χ3n) is 7.23. The van der Waals surface area contributed by atoms with Crippen LogP contribution in [0.15, 0.2) is 63.6 Å². The standard InChI is InChI=1S/C35H42N4O7/c1-8-15-39(16-9-2)30(40)26-18-24(28-27(31(41)42)22(3)21-44-28)17-25(19-26)29-37-38-32(45-29)35(7,20-23-13-11-10-12-14-23)36-33(43)46-34(4,5)6/h10-14,17-19,21H,8-9,15-16,20H2,1-7H3,(H,36,43)(H,41,42). The molecule has 11 nitrogen and oxygen atoms in total. The molecule has 2 aromatic heterocycles. The summed E-state index contributed by atoms with van der Waals surface area (Å²) in [7, 11) is 0. The van der Waals surface area contributed by atoms with Gasteiger partial charge in [0, 0.05) is 41.8 Å². The first kappa shape index (κ1) is 34.0. The molecule has 46 heavy (non-hydrogen) atoms. The highest BCUT2D eigenvalue weighted by Crippen LogP contribution is 2.34. The molecule has 2 N–H and O–H groups in total. The molecule has 0 spiro atoms. The van der Waals surface area contributed by atoms with Crippen molar-refractivity contribution in [3.8, 4) is 22.8 Å². The summed E-state index contributed by atoms with van der Waals surface area (Å²) >= 11 is 0. The van der Waals surface area contributed by atoms with E-state index in [-0.39, 0.29) is 29.0 Å². The van der Waals surface area contributed by atoms with Crippen LogP contribution in [-0.4, -0.2) is 56.9 Å². The molecule has 0 saturated carbocycles. The monoisotopic (exact) mass is 630 g/mol. The third-order valence-corrected chi connectivity index (χ3v) is 7.23. The van der Waals surface area contributed by atoms with E-state index >= 15 is 0 Å². The zero-order valence-electron chi connectivity index (χ0n) is 27.5. The molecule has 2 aromatic carbocycles. The van der Waals surface area contributed by atoms with Crippen LogP contribution in [0.1, 0.15) is 92.1 Å². The molecule has 1 atom stereocenters. The van der Waals surface area contributed by atoms with Crippen molar-refractivity contribution in [1.29, 1.82) is 0 Å². The molecule has 1 unspecified atom stereocenters. The molecule has 2 heterocycles. The van der Waals surface area contributed by atoms with Gasteiger partial charge in [-0.15, -0.1) is 10.2 Å². The molecular formula is C35H42N4O7. The lowest BCUT2D eigenvalue weighted by molar-refractivity contribution is 0.0443. The van der Waals surface area contributed by atoms with E-state index in [0.717, 1.165) is 18.4 Å². The number of hydrogen-bond acceptors (Lipinski definition) is 8. The molecule has 0 aliphatic rings. The molecule has 0 aliphatic heterocycles. The highest BCUT2D eigenvalue weighted by Gasteiger charge is 2.37. The van der Waals surface area contributed by atoms with Crippen molar-refractivity contribution < 1.29 is 33.1 Å². The van der Waals surface area contributed by atoms with Crippen LogP contribution in [-0.2, 0) is 16.7 Å². The van der Waals surface area contributed by atoms with Crippen LogP contribution in [0.3, 0.4) is 0 Å². The molecule has 4 rings (SSSR count). The lowest BCUT2D eigenvalue weighted by Crippen LogP contribution is -2.47. The molecule has 0 fully saturated rings.